The molecular formula is C12H15NO3. The molecule has 1 heterocycles. The largest absolute Gasteiger partial charge is 0.489 e. The lowest BCUT2D eigenvalue weighted by Crippen LogP contribution is -2.19. The van der Waals surface area contributed by atoms with Crippen LogP contribution in [0.25, 0.3) is 0 Å². The van der Waals surface area contributed by atoms with Gasteiger partial charge in [-0.1, -0.05) is 12.1 Å². The molecule has 1 aliphatic heterocycles. The molecule has 0 saturated carbocycles. The first-order valence-corrected chi connectivity index (χ1v) is 5.42. The number of carbonyl (C=O) groups is 1. The van der Waals surface area contributed by atoms with Gasteiger partial charge in [-0.3, -0.25) is 4.79 Å². The molecular weight excluding hydrogens is 206 g/mol. The van der Waals surface area contributed by atoms with Crippen molar-refractivity contribution in [1.82, 2.24) is 5.32 Å². The summed E-state index contributed by atoms with van der Waals surface area (Å²) < 4.78 is 5.74. The van der Waals surface area contributed by atoms with E-state index in [0.717, 1.165) is 30.8 Å². The van der Waals surface area contributed by atoms with E-state index in [2.05, 4.69) is 5.32 Å². The Morgan fingerprint density at radius 2 is 2.44 bits per heavy atom. The van der Waals surface area contributed by atoms with E-state index in [9.17, 15) is 4.79 Å². The second-order valence-electron chi connectivity index (χ2n) is 3.95. The molecule has 0 aromatic heterocycles. The third kappa shape index (κ3) is 2.97. The first-order chi connectivity index (χ1) is 7.74. The Labute approximate surface area is 94.2 Å². The Balaban J connectivity index is 2.00. The van der Waals surface area contributed by atoms with Gasteiger partial charge in [0, 0.05) is 6.54 Å². The Kier molecular flexibility index (Phi) is 3.41. The second-order valence-corrected chi connectivity index (χ2v) is 3.95. The molecule has 0 bridgehead atoms. The average Bonchev–Trinajstić information content (AvgIpc) is 2.70. The van der Waals surface area contributed by atoms with Crippen molar-refractivity contribution in [2.75, 3.05) is 13.1 Å². The molecule has 2 N–H and O–H groups in total. The second kappa shape index (κ2) is 4.99. The van der Waals surface area contributed by atoms with Crippen molar-refractivity contribution < 1.29 is 14.6 Å². The number of hydrogen-bond acceptors (Lipinski definition) is 3. The molecule has 4 nitrogen and oxygen atoms in total. The zero-order valence-corrected chi connectivity index (χ0v) is 8.98. The van der Waals surface area contributed by atoms with Gasteiger partial charge in [-0.25, -0.2) is 0 Å². The Bertz CT molecular complexity index is 372. The van der Waals surface area contributed by atoms with Crippen LogP contribution in [-0.4, -0.2) is 30.3 Å². The van der Waals surface area contributed by atoms with E-state index < -0.39 is 5.97 Å². The fourth-order valence-corrected chi connectivity index (χ4v) is 1.82. The van der Waals surface area contributed by atoms with Gasteiger partial charge in [-0.2, -0.15) is 0 Å². The minimum atomic E-state index is -0.820. The quantitative estimate of drug-likeness (QED) is 0.798. The van der Waals surface area contributed by atoms with Crippen molar-refractivity contribution in [3.05, 3.63) is 29.8 Å². The fourth-order valence-electron chi connectivity index (χ4n) is 1.82. The first-order valence-electron chi connectivity index (χ1n) is 5.42. The summed E-state index contributed by atoms with van der Waals surface area (Å²) in [5, 5.41) is 11.9. The van der Waals surface area contributed by atoms with E-state index >= 15 is 0 Å². The van der Waals surface area contributed by atoms with Crippen LogP contribution < -0.4 is 10.1 Å². The van der Waals surface area contributed by atoms with Crippen molar-refractivity contribution in [2.24, 2.45) is 0 Å². The van der Waals surface area contributed by atoms with Gasteiger partial charge in [-0.15, -0.1) is 0 Å². The molecule has 1 aromatic carbocycles. The van der Waals surface area contributed by atoms with Crippen LogP contribution in [0.15, 0.2) is 24.3 Å². The van der Waals surface area contributed by atoms with Gasteiger partial charge in [0.2, 0.25) is 0 Å². The van der Waals surface area contributed by atoms with Gasteiger partial charge in [0.05, 0.1) is 6.42 Å². The number of aliphatic carboxylic acids is 1. The van der Waals surface area contributed by atoms with Gasteiger partial charge in [0.25, 0.3) is 0 Å². The SMILES string of the molecule is O=C(O)Cc1cccc(OC2CCNC2)c1. The first kappa shape index (κ1) is 11.0. The zero-order chi connectivity index (χ0) is 11.4. The molecule has 2 rings (SSSR count). The van der Waals surface area contributed by atoms with Crippen molar-refractivity contribution >= 4 is 5.97 Å². The molecule has 16 heavy (non-hydrogen) atoms. The lowest BCUT2D eigenvalue weighted by molar-refractivity contribution is -0.136. The molecule has 0 spiro atoms. The molecule has 0 amide bonds. The Morgan fingerprint density at radius 1 is 1.56 bits per heavy atom. The summed E-state index contributed by atoms with van der Waals surface area (Å²) in [7, 11) is 0. The van der Waals surface area contributed by atoms with Crippen LogP contribution in [0.2, 0.25) is 0 Å². The summed E-state index contributed by atoms with van der Waals surface area (Å²) >= 11 is 0. The number of nitrogens with one attached hydrogen (secondary N) is 1. The molecule has 0 radical (unpaired) electrons. The number of benzene rings is 1. The minimum Gasteiger partial charge on any atom is -0.489 e. The van der Waals surface area contributed by atoms with Crippen LogP contribution in [0.4, 0.5) is 0 Å². The van der Waals surface area contributed by atoms with E-state index in [1.54, 1.807) is 12.1 Å². The highest BCUT2D eigenvalue weighted by Gasteiger charge is 2.15. The number of carboxylic acids is 1. The van der Waals surface area contributed by atoms with Gasteiger partial charge >= 0.3 is 5.97 Å². The Morgan fingerprint density at radius 3 is 3.12 bits per heavy atom. The summed E-state index contributed by atoms with van der Waals surface area (Å²) in [5.74, 6) is -0.0628. The maximum absolute atomic E-state index is 10.6. The molecule has 0 aliphatic carbocycles. The summed E-state index contributed by atoms with van der Waals surface area (Å²) in [6, 6.07) is 7.29. The lowest BCUT2D eigenvalue weighted by atomic mass is 10.1. The number of rotatable bonds is 4. The molecule has 1 aromatic rings. The molecule has 86 valence electrons. The highest BCUT2D eigenvalue weighted by atomic mass is 16.5. The smallest absolute Gasteiger partial charge is 0.307 e. The standard InChI is InChI=1S/C12H15NO3/c14-12(15)7-9-2-1-3-10(6-9)16-11-4-5-13-8-11/h1-3,6,11,13H,4-5,7-8H2,(H,14,15). The minimum absolute atomic E-state index is 0.0418. The van der Waals surface area contributed by atoms with Crippen molar-refractivity contribution in [1.29, 1.82) is 0 Å². The summed E-state index contributed by atoms with van der Waals surface area (Å²) in [5.41, 5.74) is 0.774. The molecule has 1 aliphatic rings. The molecule has 4 heteroatoms. The van der Waals surface area contributed by atoms with Crippen LogP contribution in [0.5, 0.6) is 5.75 Å². The number of hydrogen-bond donors (Lipinski definition) is 2. The van der Waals surface area contributed by atoms with E-state index in [4.69, 9.17) is 9.84 Å². The maximum Gasteiger partial charge on any atom is 0.307 e. The summed E-state index contributed by atoms with van der Waals surface area (Å²) in [6.07, 6.45) is 1.25. The van der Waals surface area contributed by atoms with Crippen molar-refractivity contribution in [3.63, 3.8) is 0 Å². The maximum atomic E-state index is 10.6. The van der Waals surface area contributed by atoms with E-state index in [1.165, 1.54) is 0 Å². The number of carboxylic acid groups (broad SMARTS) is 1. The van der Waals surface area contributed by atoms with Crippen LogP contribution in [0, 0.1) is 0 Å². The van der Waals surface area contributed by atoms with Crippen molar-refractivity contribution in [2.45, 2.75) is 18.9 Å². The van der Waals surface area contributed by atoms with Gasteiger partial charge in [-0.05, 0) is 30.7 Å². The van der Waals surface area contributed by atoms with E-state index in [0.29, 0.717) is 0 Å². The molecule has 1 saturated heterocycles. The predicted molar refractivity (Wildman–Crippen MR) is 59.7 cm³/mol. The van der Waals surface area contributed by atoms with E-state index in [-0.39, 0.29) is 12.5 Å². The Hall–Kier alpha value is -1.55. The predicted octanol–water partition coefficient (Wildman–Crippen LogP) is 1.05. The molecule has 1 atom stereocenters. The molecule has 1 fully saturated rings. The monoisotopic (exact) mass is 221 g/mol. The van der Waals surface area contributed by atoms with Gasteiger partial charge in [0.1, 0.15) is 11.9 Å². The van der Waals surface area contributed by atoms with Crippen LogP contribution in [-0.2, 0) is 11.2 Å². The highest BCUT2D eigenvalue weighted by molar-refractivity contribution is 5.70. The molecule has 1 unspecified atom stereocenters. The highest BCUT2D eigenvalue weighted by Crippen LogP contribution is 2.17. The lowest BCUT2D eigenvalue weighted by Gasteiger charge is -2.12. The van der Waals surface area contributed by atoms with E-state index in [1.807, 2.05) is 12.1 Å². The third-order valence-electron chi connectivity index (χ3n) is 2.57. The van der Waals surface area contributed by atoms with Gasteiger partial charge < -0.3 is 15.2 Å². The zero-order valence-electron chi connectivity index (χ0n) is 8.98. The number of ether oxygens (including phenoxy) is 1. The fraction of sp³-hybridized carbons (Fsp3) is 0.417. The van der Waals surface area contributed by atoms with Crippen LogP contribution in [0.3, 0.4) is 0 Å². The normalized spacial score (nSPS) is 19.6. The summed E-state index contributed by atoms with van der Waals surface area (Å²) in [4.78, 5) is 10.6. The van der Waals surface area contributed by atoms with Crippen molar-refractivity contribution in [3.8, 4) is 5.75 Å². The topological polar surface area (TPSA) is 58.6 Å². The average molecular weight is 221 g/mol. The van der Waals surface area contributed by atoms with Crippen LogP contribution >= 0.6 is 0 Å². The van der Waals surface area contributed by atoms with Crippen LogP contribution in [0.1, 0.15) is 12.0 Å². The van der Waals surface area contributed by atoms with Gasteiger partial charge in [0.15, 0.2) is 0 Å². The third-order valence-corrected chi connectivity index (χ3v) is 2.57. The summed E-state index contributed by atoms with van der Waals surface area (Å²) in [6.45, 7) is 1.85.